The number of rotatable bonds is 6. The Labute approximate surface area is 145 Å². The number of anilines is 1. The van der Waals surface area contributed by atoms with E-state index in [1.165, 1.54) is 11.3 Å². The molecule has 0 atom stereocenters. The van der Waals surface area contributed by atoms with Gasteiger partial charge in [-0.25, -0.2) is 4.98 Å². The number of thiazole rings is 1. The Morgan fingerprint density at radius 1 is 1.45 bits per heavy atom. The number of hydrogen-bond donors (Lipinski definition) is 2. The smallest absolute Gasteiger partial charge is 0.226 e. The lowest BCUT2D eigenvalue weighted by Gasteiger charge is -2.00. The Bertz CT molecular complexity index is 631. The van der Waals surface area contributed by atoms with Crippen LogP contribution in [0.3, 0.4) is 0 Å². The molecule has 0 aliphatic carbocycles. The summed E-state index contributed by atoms with van der Waals surface area (Å²) in [6.45, 7) is 2.47. The van der Waals surface area contributed by atoms with Gasteiger partial charge in [-0.15, -0.1) is 23.7 Å². The fraction of sp³-hybridized carbons (Fsp3) is 0.333. The summed E-state index contributed by atoms with van der Waals surface area (Å²) in [7, 11) is 0. The first-order valence-electron chi connectivity index (χ1n) is 6.79. The van der Waals surface area contributed by atoms with Gasteiger partial charge in [0.25, 0.3) is 0 Å². The van der Waals surface area contributed by atoms with E-state index in [2.05, 4.69) is 10.3 Å². The zero-order valence-corrected chi connectivity index (χ0v) is 14.7. The van der Waals surface area contributed by atoms with Crippen LogP contribution in [0, 0.1) is 6.92 Å². The molecule has 1 aromatic heterocycles. The third-order valence-corrected chi connectivity index (χ3v) is 4.31. The standard InChI is InChI=1S/C15H18ClN3OS.ClH/c1-10-13(9-11-4-2-5-12(16)8-11)21-15(18-10)19-14(20)6-3-7-17;/h2,4-5,8H,3,6-7,9,17H2,1H3,(H,18,19,20);1H. The van der Waals surface area contributed by atoms with Crippen LogP contribution in [0.1, 0.15) is 29.0 Å². The SMILES string of the molecule is Cc1nc(NC(=O)CCCN)sc1Cc1cccc(Cl)c1.Cl. The Kier molecular flexibility index (Phi) is 7.82. The molecule has 0 aliphatic rings. The molecule has 0 radical (unpaired) electrons. The van der Waals surface area contributed by atoms with E-state index in [9.17, 15) is 4.79 Å². The van der Waals surface area contributed by atoms with E-state index in [1.807, 2.05) is 31.2 Å². The van der Waals surface area contributed by atoms with Gasteiger partial charge in [0, 0.05) is 22.7 Å². The Morgan fingerprint density at radius 2 is 2.23 bits per heavy atom. The number of hydrogen-bond acceptors (Lipinski definition) is 4. The van der Waals surface area contributed by atoms with Crippen molar-refractivity contribution in [3.63, 3.8) is 0 Å². The van der Waals surface area contributed by atoms with Gasteiger partial charge in [-0.1, -0.05) is 23.7 Å². The van der Waals surface area contributed by atoms with Crippen molar-refractivity contribution in [1.29, 1.82) is 0 Å². The molecule has 0 bridgehead atoms. The van der Waals surface area contributed by atoms with Crippen molar-refractivity contribution in [3.8, 4) is 0 Å². The van der Waals surface area contributed by atoms with Crippen molar-refractivity contribution >= 4 is 46.4 Å². The van der Waals surface area contributed by atoms with Crippen LogP contribution in [-0.4, -0.2) is 17.4 Å². The number of benzene rings is 1. The van der Waals surface area contributed by atoms with Gasteiger partial charge in [-0.05, 0) is 37.6 Å². The number of carbonyl (C=O) groups excluding carboxylic acids is 1. The lowest BCUT2D eigenvalue weighted by molar-refractivity contribution is -0.116. The van der Waals surface area contributed by atoms with E-state index in [-0.39, 0.29) is 18.3 Å². The summed E-state index contributed by atoms with van der Waals surface area (Å²) in [5.41, 5.74) is 7.47. The van der Waals surface area contributed by atoms with Gasteiger partial charge in [0.1, 0.15) is 0 Å². The van der Waals surface area contributed by atoms with Gasteiger partial charge >= 0.3 is 0 Å². The molecule has 1 aromatic carbocycles. The van der Waals surface area contributed by atoms with Crippen LogP contribution in [0.15, 0.2) is 24.3 Å². The molecule has 1 heterocycles. The Morgan fingerprint density at radius 3 is 2.91 bits per heavy atom. The van der Waals surface area contributed by atoms with Crippen LogP contribution >= 0.6 is 35.3 Å². The van der Waals surface area contributed by atoms with Crippen LogP contribution in [0.4, 0.5) is 5.13 Å². The van der Waals surface area contributed by atoms with Crippen LogP contribution in [0.5, 0.6) is 0 Å². The van der Waals surface area contributed by atoms with Gasteiger partial charge < -0.3 is 11.1 Å². The third-order valence-electron chi connectivity index (χ3n) is 3.00. The molecule has 0 spiro atoms. The number of aryl methyl sites for hydroxylation is 1. The summed E-state index contributed by atoms with van der Waals surface area (Å²) in [4.78, 5) is 17.2. The van der Waals surface area contributed by atoms with Crippen LogP contribution in [0.2, 0.25) is 5.02 Å². The molecule has 2 rings (SSSR count). The second-order valence-corrected chi connectivity index (χ2v) is 6.29. The van der Waals surface area contributed by atoms with Gasteiger partial charge in [0.05, 0.1) is 5.69 Å². The van der Waals surface area contributed by atoms with E-state index in [1.54, 1.807) is 0 Å². The highest BCUT2D eigenvalue weighted by atomic mass is 35.5. The first-order valence-corrected chi connectivity index (χ1v) is 7.98. The Hall–Kier alpha value is -1.14. The van der Waals surface area contributed by atoms with Crippen LogP contribution in [0.25, 0.3) is 0 Å². The van der Waals surface area contributed by atoms with Crippen molar-refractivity contribution in [1.82, 2.24) is 4.98 Å². The predicted octanol–water partition coefficient (Wildman–Crippen LogP) is 3.79. The minimum Gasteiger partial charge on any atom is -0.330 e. The van der Waals surface area contributed by atoms with Gasteiger partial charge in [0.2, 0.25) is 5.91 Å². The van der Waals surface area contributed by atoms with E-state index in [4.69, 9.17) is 17.3 Å². The normalized spacial score (nSPS) is 10.1. The molecule has 0 saturated heterocycles. The number of aromatic nitrogens is 1. The summed E-state index contributed by atoms with van der Waals surface area (Å²) < 4.78 is 0. The van der Waals surface area contributed by atoms with E-state index < -0.39 is 0 Å². The fourth-order valence-electron chi connectivity index (χ4n) is 1.92. The first kappa shape index (κ1) is 18.9. The van der Waals surface area contributed by atoms with Gasteiger partial charge in [-0.2, -0.15) is 0 Å². The quantitative estimate of drug-likeness (QED) is 0.823. The van der Waals surface area contributed by atoms with Crippen molar-refractivity contribution in [2.24, 2.45) is 5.73 Å². The average molecular weight is 360 g/mol. The lowest BCUT2D eigenvalue weighted by Crippen LogP contribution is -2.13. The molecule has 3 N–H and O–H groups in total. The van der Waals surface area contributed by atoms with E-state index in [0.717, 1.165) is 27.6 Å². The number of amides is 1. The second kappa shape index (κ2) is 9.10. The van der Waals surface area contributed by atoms with Crippen molar-refractivity contribution in [2.75, 3.05) is 11.9 Å². The maximum Gasteiger partial charge on any atom is 0.226 e. The maximum absolute atomic E-state index is 11.7. The van der Waals surface area contributed by atoms with Gasteiger partial charge in [-0.3, -0.25) is 4.79 Å². The largest absolute Gasteiger partial charge is 0.330 e. The average Bonchev–Trinajstić information content (AvgIpc) is 2.76. The van der Waals surface area contributed by atoms with Crippen LogP contribution < -0.4 is 11.1 Å². The maximum atomic E-state index is 11.7. The molecule has 2 aromatic rings. The molecule has 0 saturated carbocycles. The minimum atomic E-state index is -0.0384. The molecular formula is C15H19Cl2N3OS. The second-order valence-electron chi connectivity index (χ2n) is 4.77. The molecule has 7 heteroatoms. The summed E-state index contributed by atoms with van der Waals surface area (Å²) in [5.74, 6) is -0.0384. The molecule has 22 heavy (non-hydrogen) atoms. The van der Waals surface area contributed by atoms with Crippen LogP contribution in [-0.2, 0) is 11.2 Å². The summed E-state index contributed by atoms with van der Waals surface area (Å²) >= 11 is 7.50. The van der Waals surface area contributed by atoms with Crippen molar-refractivity contribution in [2.45, 2.75) is 26.2 Å². The first-order chi connectivity index (χ1) is 10.1. The topological polar surface area (TPSA) is 68.0 Å². The number of nitrogens with two attached hydrogens (primary N) is 1. The van der Waals surface area contributed by atoms with E-state index >= 15 is 0 Å². The third kappa shape index (κ3) is 5.57. The van der Waals surface area contributed by atoms with Gasteiger partial charge in [0.15, 0.2) is 5.13 Å². The monoisotopic (exact) mass is 359 g/mol. The summed E-state index contributed by atoms with van der Waals surface area (Å²) in [6.07, 6.45) is 1.88. The predicted molar refractivity (Wildman–Crippen MR) is 95.3 cm³/mol. The molecule has 0 aliphatic heterocycles. The molecule has 0 unspecified atom stereocenters. The number of carbonyl (C=O) groups is 1. The Balaban J connectivity index is 0.00000242. The van der Waals surface area contributed by atoms with Crippen molar-refractivity contribution in [3.05, 3.63) is 45.4 Å². The number of nitrogens with one attached hydrogen (secondary N) is 1. The lowest BCUT2D eigenvalue weighted by atomic mass is 10.1. The highest BCUT2D eigenvalue weighted by molar-refractivity contribution is 7.15. The van der Waals surface area contributed by atoms with E-state index in [0.29, 0.717) is 24.5 Å². The molecule has 1 amide bonds. The highest BCUT2D eigenvalue weighted by Gasteiger charge is 2.11. The zero-order valence-electron chi connectivity index (χ0n) is 12.3. The van der Waals surface area contributed by atoms with Crippen molar-refractivity contribution < 1.29 is 4.79 Å². The molecule has 4 nitrogen and oxygen atoms in total. The molecule has 0 fully saturated rings. The fourth-order valence-corrected chi connectivity index (χ4v) is 3.15. The highest BCUT2D eigenvalue weighted by Crippen LogP contribution is 2.26. The minimum absolute atomic E-state index is 0. The number of halogens is 2. The zero-order chi connectivity index (χ0) is 15.2. The number of nitrogens with zero attached hydrogens (tertiary/aromatic N) is 1. The summed E-state index contributed by atoms with van der Waals surface area (Å²) in [5, 5.41) is 4.19. The summed E-state index contributed by atoms with van der Waals surface area (Å²) in [6, 6.07) is 7.77. The molecule has 120 valence electrons. The molecular weight excluding hydrogens is 341 g/mol.